The van der Waals surface area contributed by atoms with Crippen molar-refractivity contribution in [2.75, 3.05) is 5.32 Å². The lowest BCUT2D eigenvalue weighted by molar-refractivity contribution is 1.16. The number of nitrogens with one attached hydrogen (secondary N) is 1. The van der Waals surface area contributed by atoms with Crippen LogP contribution in [0.5, 0.6) is 0 Å². The highest BCUT2D eigenvalue weighted by Gasteiger charge is 2.08. The van der Waals surface area contributed by atoms with Crippen molar-refractivity contribution in [2.45, 2.75) is 6.54 Å². The van der Waals surface area contributed by atoms with Crippen molar-refractivity contribution in [3.05, 3.63) is 68.7 Å². The number of para-hydroxylation sites is 1. The smallest absolute Gasteiger partial charge is 0.0835 e. The predicted octanol–water partition coefficient (Wildman–Crippen LogP) is 5.92. The SMILES string of the molecule is Clc1c(Br)ccc(NCc2ccnc3ccccc23)c1Cl. The Hall–Kier alpha value is -1.29. The molecule has 21 heavy (non-hydrogen) atoms. The molecule has 3 rings (SSSR count). The van der Waals surface area contributed by atoms with Gasteiger partial charge in [-0.05, 0) is 45.8 Å². The van der Waals surface area contributed by atoms with Crippen LogP contribution in [0, 0.1) is 0 Å². The van der Waals surface area contributed by atoms with Crippen LogP contribution in [0.2, 0.25) is 10.0 Å². The van der Waals surface area contributed by atoms with Crippen molar-refractivity contribution in [1.82, 2.24) is 4.98 Å². The quantitative estimate of drug-likeness (QED) is 0.570. The fourth-order valence-corrected chi connectivity index (χ4v) is 3.00. The molecule has 0 aliphatic carbocycles. The molecule has 0 amide bonds. The van der Waals surface area contributed by atoms with E-state index in [1.165, 1.54) is 0 Å². The van der Waals surface area contributed by atoms with Crippen molar-refractivity contribution in [3.63, 3.8) is 0 Å². The summed E-state index contributed by atoms with van der Waals surface area (Å²) >= 11 is 15.7. The van der Waals surface area contributed by atoms with Gasteiger partial charge in [0.05, 0.1) is 21.2 Å². The maximum absolute atomic E-state index is 6.25. The van der Waals surface area contributed by atoms with Crippen LogP contribution in [0.3, 0.4) is 0 Å². The lowest BCUT2D eigenvalue weighted by Crippen LogP contribution is -2.01. The molecule has 0 aliphatic rings. The van der Waals surface area contributed by atoms with Gasteiger partial charge in [0, 0.05) is 22.6 Å². The minimum absolute atomic E-state index is 0.515. The van der Waals surface area contributed by atoms with Crippen LogP contribution < -0.4 is 5.32 Å². The average Bonchev–Trinajstić information content (AvgIpc) is 2.52. The van der Waals surface area contributed by atoms with Gasteiger partial charge in [0.15, 0.2) is 0 Å². The molecule has 2 nitrogen and oxygen atoms in total. The Bertz CT molecular complexity index is 800. The van der Waals surface area contributed by atoms with Crippen LogP contribution in [0.4, 0.5) is 5.69 Å². The van der Waals surface area contributed by atoms with E-state index in [9.17, 15) is 0 Å². The normalized spacial score (nSPS) is 10.8. The third-order valence-corrected chi connectivity index (χ3v) is 5.01. The molecule has 0 aliphatic heterocycles. The van der Waals surface area contributed by atoms with Gasteiger partial charge < -0.3 is 5.32 Å². The number of aromatic nitrogens is 1. The summed E-state index contributed by atoms with van der Waals surface area (Å²) in [4.78, 5) is 4.36. The molecule has 0 unspecified atom stereocenters. The van der Waals surface area contributed by atoms with Gasteiger partial charge in [-0.15, -0.1) is 0 Å². The summed E-state index contributed by atoms with van der Waals surface area (Å²) in [6.07, 6.45) is 1.81. The number of pyridine rings is 1. The van der Waals surface area contributed by atoms with E-state index in [2.05, 4.69) is 32.3 Å². The minimum Gasteiger partial charge on any atom is -0.380 e. The van der Waals surface area contributed by atoms with Gasteiger partial charge in [-0.2, -0.15) is 0 Å². The molecule has 0 radical (unpaired) electrons. The molecule has 1 aromatic heterocycles. The fraction of sp³-hybridized carbons (Fsp3) is 0.0625. The number of hydrogen-bond acceptors (Lipinski definition) is 2. The number of nitrogens with zero attached hydrogens (tertiary/aromatic N) is 1. The molecule has 3 aromatic rings. The first-order valence-corrected chi connectivity index (χ1v) is 7.91. The Morgan fingerprint density at radius 2 is 1.81 bits per heavy atom. The zero-order valence-corrected chi connectivity index (χ0v) is 14.0. The number of hydrogen-bond donors (Lipinski definition) is 1. The second-order valence-corrected chi connectivity index (χ2v) is 6.17. The summed E-state index contributed by atoms with van der Waals surface area (Å²) < 4.78 is 0.786. The second kappa shape index (κ2) is 6.22. The highest BCUT2D eigenvalue weighted by Crippen LogP contribution is 2.36. The number of benzene rings is 2. The molecular weight excluding hydrogens is 371 g/mol. The summed E-state index contributed by atoms with van der Waals surface area (Å²) in [7, 11) is 0. The van der Waals surface area contributed by atoms with Crippen LogP contribution in [-0.4, -0.2) is 4.98 Å². The Labute approximate surface area is 141 Å². The van der Waals surface area contributed by atoms with E-state index >= 15 is 0 Å². The summed E-state index contributed by atoms with van der Waals surface area (Å²) in [5.41, 5.74) is 2.96. The Morgan fingerprint density at radius 1 is 1.00 bits per heavy atom. The lowest BCUT2D eigenvalue weighted by atomic mass is 10.1. The summed E-state index contributed by atoms with van der Waals surface area (Å²) in [5, 5.41) is 5.49. The molecule has 1 N–H and O–H groups in total. The van der Waals surface area contributed by atoms with E-state index < -0.39 is 0 Å². The van der Waals surface area contributed by atoms with Gasteiger partial charge in [-0.3, -0.25) is 4.98 Å². The van der Waals surface area contributed by atoms with Gasteiger partial charge in [0.1, 0.15) is 0 Å². The van der Waals surface area contributed by atoms with E-state index in [1.807, 2.05) is 42.6 Å². The van der Waals surface area contributed by atoms with E-state index in [1.54, 1.807) is 0 Å². The van der Waals surface area contributed by atoms with Gasteiger partial charge in [-0.1, -0.05) is 41.4 Å². The second-order valence-electron chi connectivity index (χ2n) is 4.56. The molecule has 5 heteroatoms. The predicted molar refractivity (Wildman–Crippen MR) is 93.2 cm³/mol. The summed E-state index contributed by atoms with van der Waals surface area (Å²) in [6, 6.07) is 13.8. The topological polar surface area (TPSA) is 24.9 Å². The number of halogens is 3. The molecule has 0 spiro atoms. The highest BCUT2D eigenvalue weighted by atomic mass is 79.9. The van der Waals surface area contributed by atoms with Gasteiger partial charge in [0.2, 0.25) is 0 Å². The van der Waals surface area contributed by atoms with Gasteiger partial charge in [0.25, 0.3) is 0 Å². The average molecular weight is 382 g/mol. The van der Waals surface area contributed by atoms with Crippen LogP contribution >= 0.6 is 39.1 Å². The Kier molecular flexibility index (Phi) is 4.34. The first kappa shape index (κ1) is 14.6. The number of fused-ring (bicyclic) bond motifs is 1. The zero-order chi connectivity index (χ0) is 14.8. The van der Waals surface area contributed by atoms with Crippen LogP contribution in [-0.2, 0) is 6.54 Å². The molecule has 1 heterocycles. The van der Waals surface area contributed by atoms with E-state index in [4.69, 9.17) is 23.2 Å². The summed E-state index contributed by atoms with van der Waals surface area (Å²) in [5.74, 6) is 0. The van der Waals surface area contributed by atoms with E-state index in [0.717, 1.165) is 26.6 Å². The molecule has 0 atom stereocenters. The maximum atomic E-state index is 6.25. The molecule has 0 bridgehead atoms. The molecule has 0 saturated carbocycles. The largest absolute Gasteiger partial charge is 0.380 e. The van der Waals surface area contributed by atoms with E-state index in [-0.39, 0.29) is 0 Å². The minimum atomic E-state index is 0.515. The van der Waals surface area contributed by atoms with Crippen LogP contribution in [0.25, 0.3) is 10.9 Å². The molecule has 2 aromatic carbocycles. The van der Waals surface area contributed by atoms with Gasteiger partial charge in [-0.25, -0.2) is 0 Å². The maximum Gasteiger partial charge on any atom is 0.0835 e. The standard InChI is InChI=1S/C16H11BrCl2N2/c17-12-5-6-14(16(19)15(12)18)21-9-10-7-8-20-13-4-2-1-3-11(10)13/h1-8,21H,9H2. The highest BCUT2D eigenvalue weighted by molar-refractivity contribution is 9.10. The first-order valence-electron chi connectivity index (χ1n) is 6.37. The number of anilines is 1. The van der Waals surface area contributed by atoms with Crippen molar-refractivity contribution >= 4 is 55.7 Å². The summed E-state index contributed by atoms with van der Waals surface area (Å²) in [6.45, 7) is 0.653. The molecule has 0 fully saturated rings. The third kappa shape index (κ3) is 3.00. The Balaban J connectivity index is 1.89. The van der Waals surface area contributed by atoms with Crippen LogP contribution in [0.1, 0.15) is 5.56 Å². The Morgan fingerprint density at radius 3 is 2.67 bits per heavy atom. The first-order chi connectivity index (χ1) is 10.2. The van der Waals surface area contributed by atoms with Gasteiger partial charge >= 0.3 is 0 Å². The molecule has 106 valence electrons. The number of rotatable bonds is 3. The van der Waals surface area contributed by atoms with Crippen LogP contribution in [0.15, 0.2) is 53.1 Å². The zero-order valence-electron chi connectivity index (χ0n) is 10.9. The molecular formula is C16H11BrCl2N2. The van der Waals surface area contributed by atoms with Crippen molar-refractivity contribution in [1.29, 1.82) is 0 Å². The fourth-order valence-electron chi connectivity index (χ4n) is 2.16. The van der Waals surface area contributed by atoms with Crippen molar-refractivity contribution in [2.24, 2.45) is 0 Å². The monoisotopic (exact) mass is 380 g/mol. The van der Waals surface area contributed by atoms with Crippen molar-refractivity contribution < 1.29 is 0 Å². The van der Waals surface area contributed by atoms with Crippen molar-refractivity contribution in [3.8, 4) is 0 Å². The third-order valence-electron chi connectivity index (χ3n) is 3.24. The van der Waals surface area contributed by atoms with E-state index in [0.29, 0.717) is 16.6 Å². The lowest BCUT2D eigenvalue weighted by Gasteiger charge is -2.12. The molecule has 0 saturated heterocycles.